The first-order valence-electron chi connectivity index (χ1n) is 11.1. The molecule has 0 bridgehead atoms. The van der Waals surface area contributed by atoms with Gasteiger partial charge in [-0.3, -0.25) is 14.7 Å². The first-order chi connectivity index (χ1) is 16.5. The van der Waals surface area contributed by atoms with Crippen LogP contribution in [0.2, 0.25) is 0 Å². The molecule has 4 aromatic rings. The summed E-state index contributed by atoms with van der Waals surface area (Å²) in [6.07, 6.45) is 1.77. The number of aromatic amines is 1. The highest BCUT2D eigenvalue weighted by atomic mass is 16.5. The van der Waals surface area contributed by atoms with Gasteiger partial charge < -0.3 is 14.5 Å². The maximum Gasteiger partial charge on any atom is 0.254 e. The van der Waals surface area contributed by atoms with E-state index in [2.05, 4.69) is 15.2 Å². The SMILES string of the molecule is CN(C)C(=O)c1cccc(-c2n[nH]c3ncc(-c4cccc(C(=O)N5CCOCC5)c4)cc23)c1. The number of H-pyrrole nitrogens is 1. The van der Waals surface area contributed by atoms with Crippen molar-refractivity contribution in [2.45, 2.75) is 0 Å². The van der Waals surface area contributed by atoms with E-state index in [1.807, 2.05) is 53.4 Å². The zero-order valence-corrected chi connectivity index (χ0v) is 19.1. The number of pyridine rings is 1. The topological polar surface area (TPSA) is 91.4 Å². The largest absolute Gasteiger partial charge is 0.378 e. The van der Waals surface area contributed by atoms with E-state index in [-0.39, 0.29) is 11.8 Å². The maximum atomic E-state index is 12.9. The Kier molecular flexibility index (Phi) is 5.81. The molecule has 0 saturated carbocycles. The standard InChI is InChI=1S/C26H25N5O3/c1-30(2)25(32)19-7-4-6-18(14-19)23-22-15-21(16-27-24(22)29-28-23)17-5-3-8-20(13-17)26(33)31-9-11-34-12-10-31/h3-8,13-16H,9-12H2,1-2H3,(H,27,28,29). The van der Waals surface area contributed by atoms with E-state index in [1.165, 1.54) is 0 Å². The average molecular weight is 456 g/mol. The molecule has 1 N–H and O–H groups in total. The van der Waals surface area contributed by atoms with Gasteiger partial charge in [0.2, 0.25) is 0 Å². The third-order valence-electron chi connectivity index (χ3n) is 5.95. The number of ether oxygens (including phenoxy) is 1. The molecule has 8 nitrogen and oxygen atoms in total. The molecule has 5 rings (SSSR count). The summed E-state index contributed by atoms with van der Waals surface area (Å²) in [5.41, 5.74) is 5.22. The van der Waals surface area contributed by atoms with Crippen LogP contribution in [0, 0.1) is 0 Å². The van der Waals surface area contributed by atoms with Crippen molar-refractivity contribution >= 4 is 22.8 Å². The van der Waals surface area contributed by atoms with Crippen LogP contribution in [0.1, 0.15) is 20.7 Å². The Morgan fingerprint density at radius 3 is 2.41 bits per heavy atom. The van der Waals surface area contributed by atoms with Crippen molar-refractivity contribution in [3.05, 3.63) is 71.9 Å². The van der Waals surface area contributed by atoms with E-state index < -0.39 is 0 Å². The van der Waals surface area contributed by atoms with Crippen molar-refractivity contribution in [1.82, 2.24) is 25.0 Å². The van der Waals surface area contributed by atoms with Gasteiger partial charge in [-0.1, -0.05) is 24.3 Å². The fourth-order valence-electron chi connectivity index (χ4n) is 4.12. The lowest BCUT2D eigenvalue weighted by Crippen LogP contribution is -2.40. The number of carbonyl (C=O) groups is 2. The Morgan fingerprint density at radius 2 is 1.65 bits per heavy atom. The number of morpholine rings is 1. The zero-order valence-electron chi connectivity index (χ0n) is 19.1. The quantitative estimate of drug-likeness (QED) is 0.509. The molecule has 1 saturated heterocycles. The summed E-state index contributed by atoms with van der Waals surface area (Å²) in [5, 5.41) is 8.29. The second kappa shape index (κ2) is 9.07. The van der Waals surface area contributed by atoms with Crippen LogP contribution in [0.3, 0.4) is 0 Å². The molecule has 1 aliphatic heterocycles. The molecule has 0 atom stereocenters. The summed E-state index contributed by atoms with van der Waals surface area (Å²) in [7, 11) is 3.46. The Bertz CT molecular complexity index is 1370. The number of hydrogen-bond donors (Lipinski definition) is 1. The second-order valence-corrected chi connectivity index (χ2v) is 8.46. The predicted octanol–water partition coefficient (Wildman–Crippen LogP) is 3.47. The smallest absolute Gasteiger partial charge is 0.254 e. The fourth-order valence-corrected chi connectivity index (χ4v) is 4.12. The molecule has 0 unspecified atom stereocenters. The number of benzene rings is 2. The van der Waals surface area contributed by atoms with Gasteiger partial charge in [0.15, 0.2) is 5.65 Å². The lowest BCUT2D eigenvalue weighted by atomic mass is 10.0. The molecule has 34 heavy (non-hydrogen) atoms. The summed E-state index contributed by atoms with van der Waals surface area (Å²) >= 11 is 0. The maximum absolute atomic E-state index is 12.9. The van der Waals surface area contributed by atoms with Gasteiger partial charge in [-0.15, -0.1) is 0 Å². The molecule has 2 aromatic heterocycles. The molecule has 0 spiro atoms. The molecule has 2 aromatic carbocycles. The van der Waals surface area contributed by atoms with Crippen LogP contribution in [0.5, 0.6) is 0 Å². The van der Waals surface area contributed by atoms with Crippen LogP contribution in [0.25, 0.3) is 33.4 Å². The number of amides is 2. The van der Waals surface area contributed by atoms with Crippen molar-refractivity contribution < 1.29 is 14.3 Å². The van der Waals surface area contributed by atoms with E-state index in [0.29, 0.717) is 43.1 Å². The molecule has 8 heteroatoms. The third-order valence-corrected chi connectivity index (χ3v) is 5.95. The van der Waals surface area contributed by atoms with Crippen LogP contribution >= 0.6 is 0 Å². The number of nitrogens with zero attached hydrogens (tertiary/aromatic N) is 4. The second-order valence-electron chi connectivity index (χ2n) is 8.46. The number of aromatic nitrogens is 3. The average Bonchev–Trinajstić information content (AvgIpc) is 3.32. The van der Waals surface area contributed by atoms with Crippen molar-refractivity contribution in [2.24, 2.45) is 0 Å². The molecular formula is C26H25N5O3. The Morgan fingerprint density at radius 1 is 0.941 bits per heavy atom. The number of hydrogen-bond acceptors (Lipinski definition) is 5. The van der Waals surface area contributed by atoms with Crippen molar-refractivity contribution in [3.8, 4) is 22.4 Å². The van der Waals surface area contributed by atoms with E-state index in [1.54, 1.807) is 31.3 Å². The Labute approximate surface area is 197 Å². The predicted molar refractivity (Wildman–Crippen MR) is 130 cm³/mol. The van der Waals surface area contributed by atoms with Crippen molar-refractivity contribution in [2.75, 3.05) is 40.4 Å². The van der Waals surface area contributed by atoms with E-state index in [9.17, 15) is 9.59 Å². The Hall–Kier alpha value is -4.04. The van der Waals surface area contributed by atoms with Crippen LogP contribution in [0.4, 0.5) is 0 Å². The monoisotopic (exact) mass is 455 g/mol. The molecule has 2 amide bonds. The highest BCUT2D eigenvalue weighted by Gasteiger charge is 2.19. The summed E-state index contributed by atoms with van der Waals surface area (Å²) < 4.78 is 5.36. The first kappa shape index (κ1) is 21.8. The minimum atomic E-state index is -0.0674. The normalized spacial score (nSPS) is 13.8. The zero-order chi connectivity index (χ0) is 23.7. The van der Waals surface area contributed by atoms with Crippen LogP contribution in [0.15, 0.2) is 60.8 Å². The lowest BCUT2D eigenvalue weighted by molar-refractivity contribution is 0.0303. The van der Waals surface area contributed by atoms with Crippen LogP contribution in [-0.2, 0) is 4.74 Å². The summed E-state index contributed by atoms with van der Waals surface area (Å²) in [6.45, 7) is 2.34. The number of carbonyl (C=O) groups excluding carboxylic acids is 2. The van der Waals surface area contributed by atoms with E-state index in [0.717, 1.165) is 27.8 Å². The summed E-state index contributed by atoms with van der Waals surface area (Å²) in [4.78, 5) is 33.3. The van der Waals surface area contributed by atoms with Gasteiger partial charge in [-0.2, -0.15) is 5.10 Å². The van der Waals surface area contributed by atoms with Gasteiger partial charge in [-0.25, -0.2) is 4.98 Å². The first-order valence-corrected chi connectivity index (χ1v) is 11.1. The lowest BCUT2D eigenvalue weighted by Gasteiger charge is -2.27. The van der Waals surface area contributed by atoms with E-state index in [4.69, 9.17) is 4.74 Å². The van der Waals surface area contributed by atoms with E-state index >= 15 is 0 Å². The molecule has 0 radical (unpaired) electrons. The molecule has 3 heterocycles. The molecule has 1 fully saturated rings. The van der Waals surface area contributed by atoms with Crippen molar-refractivity contribution in [3.63, 3.8) is 0 Å². The van der Waals surface area contributed by atoms with Gasteiger partial charge in [0, 0.05) is 61.0 Å². The van der Waals surface area contributed by atoms with Gasteiger partial charge in [0.25, 0.3) is 11.8 Å². The minimum Gasteiger partial charge on any atom is -0.378 e. The summed E-state index contributed by atoms with van der Waals surface area (Å²) in [6, 6.07) is 17.0. The third kappa shape index (κ3) is 4.15. The minimum absolute atomic E-state index is 0.00515. The molecular weight excluding hydrogens is 430 g/mol. The van der Waals surface area contributed by atoms with Crippen molar-refractivity contribution in [1.29, 1.82) is 0 Å². The van der Waals surface area contributed by atoms with Crippen LogP contribution < -0.4 is 0 Å². The molecule has 0 aliphatic carbocycles. The summed E-state index contributed by atoms with van der Waals surface area (Å²) in [5.74, 6) is -0.0622. The van der Waals surface area contributed by atoms with Gasteiger partial charge in [0.05, 0.1) is 13.2 Å². The van der Waals surface area contributed by atoms with Crippen LogP contribution in [-0.4, -0.2) is 77.2 Å². The highest BCUT2D eigenvalue weighted by molar-refractivity contribution is 5.99. The fraction of sp³-hybridized carbons (Fsp3) is 0.231. The molecule has 1 aliphatic rings. The number of fused-ring (bicyclic) bond motifs is 1. The van der Waals surface area contributed by atoms with Gasteiger partial charge in [-0.05, 0) is 35.9 Å². The number of nitrogens with one attached hydrogen (secondary N) is 1. The Balaban J connectivity index is 1.50. The highest BCUT2D eigenvalue weighted by Crippen LogP contribution is 2.30. The number of rotatable bonds is 4. The van der Waals surface area contributed by atoms with Gasteiger partial charge >= 0.3 is 0 Å². The van der Waals surface area contributed by atoms with Gasteiger partial charge in [0.1, 0.15) is 5.69 Å². The molecule has 172 valence electrons.